The van der Waals surface area contributed by atoms with Crippen LogP contribution < -0.4 is 0 Å². The second kappa shape index (κ2) is 5.61. The van der Waals surface area contributed by atoms with Crippen LogP contribution in [0.2, 0.25) is 0 Å². The third-order valence-corrected chi connectivity index (χ3v) is 3.66. The van der Waals surface area contributed by atoms with E-state index in [-0.39, 0.29) is 0 Å². The van der Waals surface area contributed by atoms with E-state index in [0.29, 0.717) is 17.2 Å². The molecule has 1 unspecified atom stereocenters. The van der Waals surface area contributed by atoms with Crippen LogP contribution in [-0.2, 0) is 5.75 Å². The highest BCUT2D eigenvalue weighted by Gasteiger charge is 2.09. The van der Waals surface area contributed by atoms with Gasteiger partial charge in [-0.1, -0.05) is 6.92 Å². The molecule has 0 aliphatic rings. The Kier molecular flexibility index (Phi) is 4.75. The van der Waals surface area contributed by atoms with Gasteiger partial charge in [-0.3, -0.25) is 0 Å². The molecular formula is C9H16ClN3S. The number of aromatic nitrogens is 3. The van der Waals surface area contributed by atoms with Crippen molar-refractivity contribution in [2.24, 2.45) is 0 Å². The molecule has 1 rings (SSSR count). The number of hydrogen-bond acceptors (Lipinski definition) is 3. The van der Waals surface area contributed by atoms with Crippen LogP contribution in [0.4, 0.5) is 0 Å². The number of nitrogens with zero attached hydrogens (tertiary/aromatic N) is 3. The van der Waals surface area contributed by atoms with E-state index in [1.807, 2.05) is 16.4 Å². The Bertz CT molecular complexity index is 275. The average Bonchev–Trinajstić information content (AvgIpc) is 2.62. The van der Waals surface area contributed by atoms with Crippen LogP contribution in [0.5, 0.6) is 0 Å². The van der Waals surface area contributed by atoms with Gasteiger partial charge < -0.3 is 0 Å². The van der Waals surface area contributed by atoms with E-state index in [1.165, 1.54) is 0 Å². The lowest BCUT2D eigenvalue weighted by Crippen LogP contribution is -2.08. The molecule has 80 valence electrons. The molecule has 1 aromatic heterocycles. The molecule has 0 saturated heterocycles. The molecule has 0 aromatic carbocycles. The third-order valence-electron chi connectivity index (χ3n) is 1.85. The van der Waals surface area contributed by atoms with Gasteiger partial charge in [-0.05, 0) is 13.8 Å². The normalized spacial score (nSPS) is 13.5. The average molecular weight is 234 g/mol. The van der Waals surface area contributed by atoms with Crippen molar-refractivity contribution in [1.82, 2.24) is 14.8 Å². The molecule has 0 aliphatic heterocycles. The number of hydrogen-bond donors (Lipinski definition) is 0. The molecule has 1 heterocycles. The van der Waals surface area contributed by atoms with Crippen molar-refractivity contribution < 1.29 is 0 Å². The van der Waals surface area contributed by atoms with Crippen molar-refractivity contribution in [2.75, 3.05) is 5.88 Å². The van der Waals surface area contributed by atoms with Crippen LogP contribution in [0.1, 0.15) is 32.6 Å². The minimum absolute atomic E-state index is 0.374. The van der Waals surface area contributed by atoms with Gasteiger partial charge in [0.15, 0.2) is 0 Å². The van der Waals surface area contributed by atoms with Crippen molar-refractivity contribution in [3.05, 3.63) is 12.2 Å². The zero-order valence-corrected chi connectivity index (χ0v) is 10.3. The van der Waals surface area contributed by atoms with Crippen molar-refractivity contribution in [1.29, 1.82) is 0 Å². The van der Waals surface area contributed by atoms with Gasteiger partial charge in [-0.25, -0.2) is 9.67 Å². The topological polar surface area (TPSA) is 30.7 Å². The summed E-state index contributed by atoms with van der Waals surface area (Å²) in [5.74, 6) is 2.59. The fourth-order valence-electron chi connectivity index (χ4n) is 1.07. The van der Waals surface area contributed by atoms with E-state index < -0.39 is 0 Å². The summed E-state index contributed by atoms with van der Waals surface area (Å²) in [6.45, 7) is 6.33. The van der Waals surface area contributed by atoms with Gasteiger partial charge in [0.25, 0.3) is 0 Å². The largest absolute Gasteiger partial charge is 0.247 e. The molecule has 0 bridgehead atoms. The quantitative estimate of drug-likeness (QED) is 0.733. The molecule has 14 heavy (non-hydrogen) atoms. The monoisotopic (exact) mass is 233 g/mol. The summed E-state index contributed by atoms with van der Waals surface area (Å²) >= 11 is 7.54. The lowest BCUT2D eigenvalue weighted by Gasteiger charge is -2.10. The fourth-order valence-corrected chi connectivity index (χ4v) is 2.07. The SMILES string of the molecule is CC(CCl)SCc1ncnn1C(C)C. The first-order chi connectivity index (χ1) is 6.65. The van der Waals surface area contributed by atoms with Crippen molar-refractivity contribution in [3.8, 4) is 0 Å². The van der Waals surface area contributed by atoms with E-state index in [2.05, 4.69) is 30.9 Å². The van der Waals surface area contributed by atoms with Crippen molar-refractivity contribution in [2.45, 2.75) is 37.8 Å². The third kappa shape index (κ3) is 3.17. The summed E-state index contributed by atoms with van der Waals surface area (Å²) in [6, 6.07) is 0.374. The molecule has 0 amide bonds. The second-order valence-corrected chi connectivity index (χ2v) is 5.23. The minimum Gasteiger partial charge on any atom is -0.247 e. The predicted molar refractivity (Wildman–Crippen MR) is 61.9 cm³/mol. The van der Waals surface area contributed by atoms with Gasteiger partial charge in [0.2, 0.25) is 0 Å². The lowest BCUT2D eigenvalue weighted by atomic mass is 10.4. The Morgan fingerprint density at radius 3 is 2.79 bits per heavy atom. The highest BCUT2D eigenvalue weighted by molar-refractivity contribution is 7.99. The molecule has 0 radical (unpaired) electrons. The summed E-state index contributed by atoms with van der Waals surface area (Å²) in [4.78, 5) is 4.23. The van der Waals surface area contributed by atoms with E-state index in [9.17, 15) is 0 Å². The Morgan fingerprint density at radius 2 is 2.21 bits per heavy atom. The van der Waals surface area contributed by atoms with Crippen LogP contribution in [-0.4, -0.2) is 25.9 Å². The Hall–Kier alpha value is -0.220. The van der Waals surface area contributed by atoms with Crippen LogP contribution in [0.3, 0.4) is 0 Å². The minimum atomic E-state index is 0.374. The Labute approximate surface area is 94.2 Å². The van der Waals surface area contributed by atoms with Crippen LogP contribution in [0.25, 0.3) is 0 Å². The zero-order chi connectivity index (χ0) is 10.6. The molecule has 0 N–H and O–H groups in total. The fraction of sp³-hybridized carbons (Fsp3) is 0.778. The summed E-state index contributed by atoms with van der Waals surface area (Å²) in [7, 11) is 0. The molecular weight excluding hydrogens is 218 g/mol. The predicted octanol–water partition coefficient (Wildman–Crippen LogP) is 2.72. The molecule has 5 heteroatoms. The van der Waals surface area contributed by atoms with Crippen LogP contribution in [0.15, 0.2) is 6.33 Å². The number of halogens is 1. The molecule has 1 atom stereocenters. The van der Waals surface area contributed by atoms with Gasteiger partial charge in [0, 0.05) is 17.2 Å². The summed E-state index contributed by atoms with van der Waals surface area (Å²) in [6.07, 6.45) is 1.61. The van der Waals surface area contributed by atoms with Gasteiger partial charge in [-0.2, -0.15) is 5.10 Å². The molecule has 3 nitrogen and oxygen atoms in total. The first-order valence-electron chi connectivity index (χ1n) is 4.71. The van der Waals surface area contributed by atoms with E-state index in [1.54, 1.807) is 6.33 Å². The smallest absolute Gasteiger partial charge is 0.138 e. The number of rotatable bonds is 5. The number of thioether (sulfide) groups is 1. The Morgan fingerprint density at radius 1 is 1.50 bits per heavy atom. The van der Waals surface area contributed by atoms with Crippen molar-refractivity contribution in [3.63, 3.8) is 0 Å². The molecule has 0 spiro atoms. The van der Waals surface area contributed by atoms with Crippen molar-refractivity contribution >= 4 is 23.4 Å². The van der Waals surface area contributed by atoms with Gasteiger partial charge in [-0.15, -0.1) is 23.4 Å². The first-order valence-corrected chi connectivity index (χ1v) is 6.29. The van der Waals surface area contributed by atoms with Crippen LogP contribution >= 0.6 is 23.4 Å². The standard InChI is InChI=1S/C9H16ClN3S/c1-7(2)13-9(11-6-12-13)5-14-8(3)4-10/h6-8H,4-5H2,1-3H3. The number of alkyl halides is 1. The molecule has 0 aliphatic carbocycles. The van der Waals surface area contributed by atoms with Gasteiger partial charge in [0.05, 0.1) is 5.75 Å². The maximum absolute atomic E-state index is 5.73. The summed E-state index contributed by atoms with van der Waals surface area (Å²) < 4.78 is 1.95. The van der Waals surface area contributed by atoms with E-state index in [4.69, 9.17) is 11.6 Å². The Balaban J connectivity index is 2.54. The molecule has 1 aromatic rings. The highest BCUT2D eigenvalue weighted by Crippen LogP contribution is 2.18. The second-order valence-electron chi connectivity index (χ2n) is 3.49. The molecule has 0 saturated carbocycles. The maximum atomic E-state index is 5.73. The summed E-state index contributed by atoms with van der Waals surface area (Å²) in [5.41, 5.74) is 0. The summed E-state index contributed by atoms with van der Waals surface area (Å²) in [5, 5.41) is 4.65. The molecule has 0 fully saturated rings. The lowest BCUT2D eigenvalue weighted by molar-refractivity contribution is 0.514. The maximum Gasteiger partial charge on any atom is 0.138 e. The first kappa shape index (κ1) is 11.9. The van der Waals surface area contributed by atoms with E-state index in [0.717, 1.165) is 11.6 Å². The van der Waals surface area contributed by atoms with Gasteiger partial charge >= 0.3 is 0 Å². The zero-order valence-electron chi connectivity index (χ0n) is 8.77. The highest BCUT2D eigenvalue weighted by atomic mass is 35.5. The van der Waals surface area contributed by atoms with E-state index >= 15 is 0 Å². The van der Waals surface area contributed by atoms with Gasteiger partial charge in [0.1, 0.15) is 12.2 Å². The van der Waals surface area contributed by atoms with Crippen LogP contribution in [0, 0.1) is 0 Å².